The molecule has 3 heterocycles. The van der Waals surface area contributed by atoms with Gasteiger partial charge in [-0.15, -0.1) is 0 Å². The molecule has 0 aliphatic carbocycles. The zero-order valence-electron chi connectivity index (χ0n) is 21.6. The van der Waals surface area contributed by atoms with Crippen LogP contribution >= 0.6 is 0 Å². The molecule has 0 bridgehead atoms. The van der Waals surface area contributed by atoms with Crippen molar-refractivity contribution >= 4 is 17.9 Å². The fourth-order valence-electron chi connectivity index (χ4n) is 5.51. The van der Waals surface area contributed by atoms with Crippen LogP contribution in [0, 0.1) is 12.3 Å². The summed E-state index contributed by atoms with van der Waals surface area (Å²) in [5.41, 5.74) is 3.45. The zero-order valence-corrected chi connectivity index (χ0v) is 21.6. The summed E-state index contributed by atoms with van der Waals surface area (Å²) in [6.07, 6.45) is 7.97. The van der Waals surface area contributed by atoms with Gasteiger partial charge < -0.3 is 14.5 Å². The number of carbonyl (C=O) groups excluding carboxylic acids is 2. The summed E-state index contributed by atoms with van der Waals surface area (Å²) in [5, 5.41) is 4.48. The van der Waals surface area contributed by atoms with Gasteiger partial charge in [0.25, 0.3) is 5.91 Å². The second-order valence-corrected chi connectivity index (χ2v) is 10.00. The Labute approximate surface area is 218 Å². The molecule has 2 saturated heterocycles. The number of rotatable bonds is 6. The molecule has 2 fully saturated rings. The van der Waals surface area contributed by atoms with Crippen LogP contribution in [0.25, 0.3) is 11.8 Å². The highest BCUT2D eigenvalue weighted by molar-refractivity contribution is 5.95. The largest absolute Gasteiger partial charge is 0.493 e. The molecule has 37 heavy (non-hydrogen) atoms. The lowest BCUT2D eigenvalue weighted by Gasteiger charge is -2.39. The van der Waals surface area contributed by atoms with Crippen LogP contribution in [0.4, 0.5) is 0 Å². The first-order chi connectivity index (χ1) is 18.0. The molecule has 7 heteroatoms. The smallest absolute Gasteiger partial charge is 0.257 e. The summed E-state index contributed by atoms with van der Waals surface area (Å²) in [4.78, 5) is 30.2. The number of carbonyl (C=O) groups is 2. The summed E-state index contributed by atoms with van der Waals surface area (Å²) >= 11 is 0. The Morgan fingerprint density at radius 2 is 1.65 bits per heavy atom. The van der Waals surface area contributed by atoms with Gasteiger partial charge in [0.05, 0.1) is 29.7 Å². The fraction of sp³-hybridized carbons (Fsp3) is 0.367. The number of benzene rings is 2. The number of para-hydroxylation sites is 2. The maximum atomic E-state index is 13.4. The van der Waals surface area contributed by atoms with Crippen molar-refractivity contribution < 1.29 is 14.3 Å². The third-order valence-electron chi connectivity index (χ3n) is 7.73. The summed E-state index contributed by atoms with van der Waals surface area (Å²) in [5.74, 6) is 0.855. The molecule has 2 aliphatic heterocycles. The second kappa shape index (κ2) is 10.6. The van der Waals surface area contributed by atoms with Crippen molar-refractivity contribution in [2.24, 2.45) is 5.41 Å². The van der Waals surface area contributed by atoms with E-state index in [-0.39, 0.29) is 17.2 Å². The lowest BCUT2D eigenvalue weighted by atomic mass is 9.77. The average molecular weight is 499 g/mol. The Balaban J connectivity index is 1.18. The first kappa shape index (κ1) is 24.8. The molecule has 7 nitrogen and oxygen atoms in total. The summed E-state index contributed by atoms with van der Waals surface area (Å²) < 4.78 is 7.48. The van der Waals surface area contributed by atoms with Gasteiger partial charge in [0, 0.05) is 37.8 Å². The van der Waals surface area contributed by atoms with E-state index >= 15 is 0 Å². The van der Waals surface area contributed by atoms with Gasteiger partial charge in [-0.2, -0.15) is 5.10 Å². The monoisotopic (exact) mass is 498 g/mol. The quantitative estimate of drug-likeness (QED) is 0.460. The number of hydrogen-bond donors (Lipinski definition) is 0. The van der Waals surface area contributed by atoms with Crippen LogP contribution in [0.1, 0.15) is 47.8 Å². The Morgan fingerprint density at radius 3 is 2.38 bits per heavy atom. The van der Waals surface area contributed by atoms with Crippen molar-refractivity contribution in [3.8, 4) is 11.4 Å². The number of likely N-dealkylation sites (tertiary alicyclic amines) is 2. The van der Waals surface area contributed by atoms with Crippen molar-refractivity contribution in [3.63, 3.8) is 0 Å². The molecular weight excluding hydrogens is 464 g/mol. The van der Waals surface area contributed by atoms with Crippen molar-refractivity contribution in [1.29, 1.82) is 0 Å². The van der Waals surface area contributed by atoms with Crippen LogP contribution < -0.4 is 4.74 Å². The maximum Gasteiger partial charge on any atom is 0.257 e. The molecule has 5 rings (SSSR count). The highest BCUT2D eigenvalue weighted by atomic mass is 16.5. The summed E-state index contributed by atoms with van der Waals surface area (Å²) in [7, 11) is 0. The number of aromatic nitrogens is 2. The van der Waals surface area contributed by atoms with E-state index in [1.807, 2.05) is 89.0 Å². The molecule has 1 spiro atoms. The van der Waals surface area contributed by atoms with E-state index in [1.54, 1.807) is 12.3 Å². The Hall–Kier alpha value is -3.87. The molecule has 192 valence electrons. The molecule has 0 saturated carbocycles. The minimum absolute atomic E-state index is 0.0241. The molecule has 2 aromatic carbocycles. The van der Waals surface area contributed by atoms with E-state index < -0.39 is 0 Å². The predicted octanol–water partition coefficient (Wildman–Crippen LogP) is 4.75. The Bertz CT molecular complexity index is 1290. The van der Waals surface area contributed by atoms with E-state index in [9.17, 15) is 9.59 Å². The first-order valence-corrected chi connectivity index (χ1v) is 13.1. The lowest BCUT2D eigenvalue weighted by molar-refractivity contribution is -0.128. The van der Waals surface area contributed by atoms with Crippen LogP contribution in [-0.2, 0) is 4.79 Å². The highest BCUT2D eigenvalue weighted by Crippen LogP contribution is 2.41. The van der Waals surface area contributed by atoms with Gasteiger partial charge in [0.1, 0.15) is 5.75 Å². The molecule has 0 unspecified atom stereocenters. The third kappa shape index (κ3) is 5.17. The van der Waals surface area contributed by atoms with Crippen molar-refractivity contribution in [1.82, 2.24) is 19.6 Å². The van der Waals surface area contributed by atoms with Gasteiger partial charge in [-0.05, 0) is 62.8 Å². The average Bonchev–Trinajstić information content (AvgIpc) is 3.52. The number of amides is 2. The molecule has 1 aromatic heterocycles. The topological polar surface area (TPSA) is 67.7 Å². The number of piperidine rings is 1. The molecular formula is C30H34N4O3. The normalized spacial score (nSPS) is 17.0. The SMILES string of the molecule is CCOc1ccccc1/C=C/C(=O)N1CCC2(CC1)CCN(C(=O)c1cnn(-c3ccccc3)c1C)C2. The molecule has 0 atom stereocenters. The standard InChI is InChI=1S/C30H34N4O3/c1-3-37-27-12-8-7-9-24(27)13-14-28(35)32-18-15-30(16-19-32)17-20-33(22-30)29(36)26-21-31-34(23(26)2)25-10-5-4-6-11-25/h4-14,21H,3,15-20,22H2,1-2H3/b14-13+. The zero-order chi connectivity index (χ0) is 25.8. The fourth-order valence-corrected chi connectivity index (χ4v) is 5.51. The Kier molecular flexibility index (Phi) is 7.12. The third-order valence-corrected chi connectivity index (χ3v) is 7.73. The van der Waals surface area contributed by atoms with E-state index in [1.165, 1.54) is 0 Å². The van der Waals surface area contributed by atoms with Crippen molar-refractivity contribution in [2.75, 3.05) is 32.8 Å². The predicted molar refractivity (Wildman–Crippen MR) is 144 cm³/mol. The van der Waals surface area contributed by atoms with E-state index in [4.69, 9.17) is 4.74 Å². The highest BCUT2D eigenvalue weighted by Gasteiger charge is 2.43. The van der Waals surface area contributed by atoms with E-state index in [2.05, 4.69) is 5.10 Å². The molecule has 0 N–H and O–H groups in total. The molecule has 2 amide bonds. The van der Waals surface area contributed by atoms with Crippen molar-refractivity contribution in [2.45, 2.75) is 33.1 Å². The van der Waals surface area contributed by atoms with Crippen LogP contribution in [0.5, 0.6) is 5.75 Å². The molecule has 0 radical (unpaired) electrons. The Morgan fingerprint density at radius 1 is 0.973 bits per heavy atom. The summed E-state index contributed by atoms with van der Waals surface area (Å²) in [6, 6.07) is 17.6. The maximum absolute atomic E-state index is 13.4. The van der Waals surface area contributed by atoms with E-state index in [0.717, 1.165) is 55.0 Å². The van der Waals surface area contributed by atoms with Gasteiger partial charge in [0.15, 0.2) is 0 Å². The molecule has 3 aromatic rings. The van der Waals surface area contributed by atoms with Crippen LogP contribution in [0.2, 0.25) is 0 Å². The minimum atomic E-state index is 0.0241. The lowest BCUT2D eigenvalue weighted by Crippen LogP contribution is -2.44. The minimum Gasteiger partial charge on any atom is -0.493 e. The van der Waals surface area contributed by atoms with Gasteiger partial charge >= 0.3 is 0 Å². The first-order valence-electron chi connectivity index (χ1n) is 13.1. The van der Waals surface area contributed by atoms with Crippen molar-refractivity contribution in [3.05, 3.63) is 83.7 Å². The van der Waals surface area contributed by atoms with Gasteiger partial charge in [-0.25, -0.2) is 4.68 Å². The number of ether oxygens (including phenoxy) is 1. The van der Waals surface area contributed by atoms with Crippen LogP contribution in [-0.4, -0.2) is 64.2 Å². The summed E-state index contributed by atoms with van der Waals surface area (Å²) in [6.45, 7) is 7.39. The number of nitrogens with zero attached hydrogens (tertiary/aromatic N) is 4. The number of hydrogen-bond acceptors (Lipinski definition) is 4. The van der Waals surface area contributed by atoms with Gasteiger partial charge in [-0.3, -0.25) is 9.59 Å². The molecule has 2 aliphatic rings. The van der Waals surface area contributed by atoms with E-state index in [0.29, 0.717) is 25.3 Å². The van der Waals surface area contributed by atoms with Gasteiger partial charge in [0.2, 0.25) is 5.91 Å². The van der Waals surface area contributed by atoms with Gasteiger partial charge in [-0.1, -0.05) is 36.4 Å². The van der Waals surface area contributed by atoms with Crippen LogP contribution in [0.3, 0.4) is 0 Å². The second-order valence-electron chi connectivity index (χ2n) is 10.00. The van der Waals surface area contributed by atoms with Crippen LogP contribution in [0.15, 0.2) is 66.9 Å².